The molecule has 0 aromatic heterocycles. The van der Waals surface area contributed by atoms with Crippen LogP contribution in [0.4, 0.5) is 5.69 Å². The molecule has 0 bridgehead atoms. The second-order valence-corrected chi connectivity index (χ2v) is 9.42. The summed E-state index contributed by atoms with van der Waals surface area (Å²) in [7, 11) is -3.44. The van der Waals surface area contributed by atoms with E-state index in [-0.39, 0.29) is 12.5 Å². The largest absolute Gasteiger partial charge is 0.379 e. The Bertz CT molecular complexity index is 955. The van der Waals surface area contributed by atoms with E-state index in [1.54, 1.807) is 30.3 Å². The van der Waals surface area contributed by atoms with Crippen LogP contribution in [-0.2, 0) is 21.3 Å². The van der Waals surface area contributed by atoms with Crippen LogP contribution in [0.5, 0.6) is 0 Å². The molecule has 162 valence electrons. The number of hydrogen-bond donors (Lipinski definition) is 1. The maximum Gasteiger partial charge on any atom is 0.251 e. The highest BCUT2D eigenvalue weighted by molar-refractivity contribution is 7.92. The number of rotatable bonds is 8. The molecule has 30 heavy (non-hydrogen) atoms. The van der Waals surface area contributed by atoms with Crippen LogP contribution in [-0.4, -0.2) is 64.9 Å². The minimum atomic E-state index is -3.44. The lowest BCUT2D eigenvalue weighted by Gasteiger charge is -2.26. The average molecular weight is 432 g/mol. The second kappa shape index (κ2) is 10.1. The molecule has 2 aromatic rings. The van der Waals surface area contributed by atoms with Crippen LogP contribution in [0.25, 0.3) is 0 Å². The molecule has 1 aliphatic heterocycles. The number of carbonyl (C=O) groups excluding carboxylic acids is 1. The number of anilines is 1. The first-order valence-electron chi connectivity index (χ1n) is 10.0. The van der Waals surface area contributed by atoms with Crippen molar-refractivity contribution in [2.45, 2.75) is 13.5 Å². The van der Waals surface area contributed by atoms with Crippen LogP contribution in [0.3, 0.4) is 0 Å². The first-order valence-corrected chi connectivity index (χ1v) is 11.9. The van der Waals surface area contributed by atoms with Gasteiger partial charge < -0.3 is 10.1 Å². The van der Waals surface area contributed by atoms with E-state index in [0.29, 0.717) is 17.8 Å². The van der Waals surface area contributed by atoms with Crippen molar-refractivity contribution in [1.29, 1.82) is 0 Å². The molecule has 2 aromatic carbocycles. The smallest absolute Gasteiger partial charge is 0.251 e. The van der Waals surface area contributed by atoms with Gasteiger partial charge in [0, 0.05) is 31.7 Å². The van der Waals surface area contributed by atoms with Crippen molar-refractivity contribution in [3.8, 4) is 0 Å². The number of morpholine rings is 1. The summed E-state index contributed by atoms with van der Waals surface area (Å²) < 4.78 is 31.3. The topological polar surface area (TPSA) is 79.0 Å². The highest BCUT2D eigenvalue weighted by Crippen LogP contribution is 2.22. The molecule has 0 aliphatic carbocycles. The Morgan fingerprint density at radius 2 is 1.83 bits per heavy atom. The Balaban J connectivity index is 1.60. The van der Waals surface area contributed by atoms with Crippen LogP contribution in [0.1, 0.15) is 21.5 Å². The molecular weight excluding hydrogens is 402 g/mol. The summed E-state index contributed by atoms with van der Waals surface area (Å²) >= 11 is 0. The van der Waals surface area contributed by atoms with Gasteiger partial charge in [0.1, 0.15) is 0 Å². The van der Waals surface area contributed by atoms with Crippen molar-refractivity contribution in [1.82, 2.24) is 10.2 Å². The average Bonchev–Trinajstić information content (AvgIpc) is 2.72. The summed E-state index contributed by atoms with van der Waals surface area (Å²) in [6.45, 7) is 6.77. The summed E-state index contributed by atoms with van der Waals surface area (Å²) in [6.07, 6.45) is 1.20. The fourth-order valence-corrected chi connectivity index (χ4v) is 4.24. The van der Waals surface area contributed by atoms with Gasteiger partial charge in [0.2, 0.25) is 10.0 Å². The number of nitrogens with one attached hydrogen (secondary N) is 1. The normalized spacial score (nSPS) is 15.0. The summed E-state index contributed by atoms with van der Waals surface area (Å²) in [6, 6.07) is 14.5. The van der Waals surface area contributed by atoms with Crippen LogP contribution in [0.2, 0.25) is 0 Å². The van der Waals surface area contributed by atoms with Crippen LogP contribution in [0, 0.1) is 6.92 Å². The fraction of sp³-hybridized carbons (Fsp3) is 0.409. The number of nitrogens with zero attached hydrogens (tertiary/aromatic N) is 2. The van der Waals surface area contributed by atoms with Crippen LogP contribution >= 0.6 is 0 Å². The van der Waals surface area contributed by atoms with E-state index in [4.69, 9.17) is 4.74 Å². The Kier molecular flexibility index (Phi) is 7.47. The van der Waals surface area contributed by atoms with E-state index >= 15 is 0 Å². The summed E-state index contributed by atoms with van der Waals surface area (Å²) in [5, 5.41) is 2.94. The van der Waals surface area contributed by atoms with Crippen molar-refractivity contribution < 1.29 is 17.9 Å². The van der Waals surface area contributed by atoms with Crippen molar-refractivity contribution in [3.63, 3.8) is 0 Å². The lowest BCUT2D eigenvalue weighted by Crippen LogP contribution is -2.41. The van der Waals surface area contributed by atoms with Gasteiger partial charge in [-0.25, -0.2) is 8.42 Å². The standard InChI is InChI=1S/C22H29N3O4S/c1-18-4-3-5-21(16-18)25(30(2,27)28)17-19-6-8-20(9-7-19)22(26)23-10-11-24-12-14-29-15-13-24/h3-9,16H,10-15,17H2,1-2H3,(H,23,26). The molecule has 0 spiro atoms. The Labute approximate surface area is 178 Å². The molecule has 8 heteroatoms. The minimum absolute atomic E-state index is 0.131. The molecular formula is C22H29N3O4S. The van der Waals surface area contributed by atoms with Gasteiger partial charge in [-0.2, -0.15) is 0 Å². The number of ether oxygens (including phenoxy) is 1. The van der Waals surface area contributed by atoms with Crippen molar-refractivity contribution in [3.05, 3.63) is 65.2 Å². The van der Waals surface area contributed by atoms with E-state index in [0.717, 1.165) is 44.0 Å². The van der Waals surface area contributed by atoms with Gasteiger partial charge in [-0.1, -0.05) is 24.3 Å². The quantitative estimate of drug-likeness (QED) is 0.692. The van der Waals surface area contributed by atoms with Crippen molar-refractivity contribution in [2.75, 3.05) is 50.0 Å². The van der Waals surface area contributed by atoms with Gasteiger partial charge in [-0.05, 0) is 42.3 Å². The Hall–Kier alpha value is -2.42. The number of aryl methyl sites for hydroxylation is 1. The van der Waals surface area contributed by atoms with E-state index < -0.39 is 10.0 Å². The maximum absolute atomic E-state index is 12.4. The highest BCUT2D eigenvalue weighted by atomic mass is 32.2. The predicted octanol–water partition coefficient (Wildman–Crippen LogP) is 2.02. The summed E-state index contributed by atoms with van der Waals surface area (Å²) in [4.78, 5) is 14.6. The number of benzene rings is 2. The zero-order chi connectivity index (χ0) is 21.6. The highest BCUT2D eigenvalue weighted by Gasteiger charge is 2.18. The molecule has 1 fully saturated rings. The molecule has 7 nitrogen and oxygen atoms in total. The third-order valence-electron chi connectivity index (χ3n) is 5.05. The first kappa shape index (κ1) is 22.3. The first-order chi connectivity index (χ1) is 14.3. The third-order valence-corrected chi connectivity index (χ3v) is 6.19. The molecule has 1 N–H and O–H groups in total. The SMILES string of the molecule is Cc1cccc(N(Cc2ccc(C(=O)NCCN3CCOCC3)cc2)S(C)(=O)=O)c1. The molecule has 1 amide bonds. The van der Waals surface area contributed by atoms with Crippen molar-refractivity contribution in [2.24, 2.45) is 0 Å². The van der Waals surface area contributed by atoms with Gasteiger partial charge in [-0.15, -0.1) is 0 Å². The minimum Gasteiger partial charge on any atom is -0.379 e. The molecule has 1 saturated heterocycles. The predicted molar refractivity (Wildman–Crippen MR) is 118 cm³/mol. The maximum atomic E-state index is 12.4. The fourth-order valence-electron chi connectivity index (χ4n) is 3.36. The number of carbonyl (C=O) groups is 1. The monoisotopic (exact) mass is 431 g/mol. The van der Waals surface area contributed by atoms with Gasteiger partial charge in [0.25, 0.3) is 5.91 Å². The van der Waals surface area contributed by atoms with Crippen LogP contribution < -0.4 is 9.62 Å². The molecule has 1 aliphatic rings. The van der Waals surface area contributed by atoms with Gasteiger partial charge in [-0.3, -0.25) is 14.0 Å². The zero-order valence-corrected chi connectivity index (χ0v) is 18.3. The van der Waals surface area contributed by atoms with E-state index in [9.17, 15) is 13.2 Å². The molecule has 0 radical (unpaired) electrons. The Morgan fingerprint density at radius 3 is 2.47 bits per heavy atom. The number of sulfonamides is 1. The van der Waals surface area contributed by atoms with E-state index in [2.05, 4.69) is 10.2 Å². The van der Waals surface area contributed by atoms with E-state index in [1.165, 1.54) is 10.6 Å². The van der Waals surface area contributed by atoms with Crippen LogP contribution in [0.15, 0.2) is 48.5 Å². The lowest BCUT2D eigenvalue weighted by molar-refractivity contribution is 0.0383. The molecule has 0 unspecified atom stereocenters. The number of hydrogen-bond acceptors (Lipinski definition) is 5. The zero-order valence-electron chi connectivity index (χ0n) is 17.5. The molecule has 0 saturated carbocycles. The van der Waals surface area contributed by atoms with Gasteiger partial charge >= 0.3 is 0 Å². The Morgan fingerprint density at radius 1 is 1.13 bits per heavy atom. The summed E-state index contributed by atoms with van der Waals surface area (Å²) in [5.41, 5.74) is 2.99. The number of amides is 1. The van der Waals surface area contributed by atoms with Gasteiger partial charge in [0.05, 0.1) is 31.7 Å². The van der Waals surface area contributed by atoms with E-state index in [1.807, 2.05) is 25.1 Å². The molecule has 1 heterocycles. The molecule has 0 atom stereocenters. The third kappa shape index (κ3) is 6.29. The van der Waals surface area contributed by atoms with Gasteiger partial charge in [0.15, 0.2) is 0 Å². The summed E-state index contributed by atoms with van der Waals surface area (Å²) in [5.74, 6) is -0.131. The second-order valence-electron chi connectivity index (χ2n) is 7.52. The van der Waals surface area contributed by atoms with Crippen molar-refractivity contribution >= 4 is 21.6 Å². The molecule has 3 rings (SSSR count). The lowest BCUT2D eigenvalue weighted by atomic mass is 10.1.